The third-order valence-electron chi connectivity index (χ3n) is 1.86. The number of aromatic nitrogens is 2. The molecule has 3 heteroatoms. The van der Waals surface area contributed by atoms with Crippen LogP contribution in [0.15, 0.2) is 30.3 Å². The number of rotatable bonds is 1. The summed E-state index contributed by atoms with van der Waals surface area (Å²) in [5.41, 5.74) is 2.79. The summed E-state index contributed by atoms with van der Waals surface area (Å²) in [7, 11) is 0. The Hall–Kier alpha value is -1.64. The molecule has 0 aliphatic carbocycles. The average molecular weight is 176 g/mol. The summed E-state index contributed by atoms with van der Waals surface area (Å²) in [5.74, 6) is -0.222. The molecule has 0 aliphatic heterocycles. The van der Waals surface area contributed by atoms with Gasteiger partial charge in [-0.05, 0) is 42.8 Å². The standard InChI is InChI=1S/C10H9FN2/c1-7-6-10(13-12-7)8-2-4-9(11)5-3-8/h2-6H,1H3,(H,12,13). The highest BCUT2D eigenvalue weighted by molar-refractivity contribution is 5.58. The largest absolute Gasteiger partial charge is 0.278 e. The number of benzene rings is 1. The molecule has 0 amide bonds. The first-order valence-corrected chi connectivity index (χ1v) is 4.03. The molecule has 0 fully saturated rings. The molecule has 0 radical (unpaired) electrons. The van der Waals surface area contributed by atoms with Crippen LogP contribution < -0.4 is 0 Å². The van der Waals surface area contributed by atoms with E-state index in [9.17, 15) is 4.39 Å². The van der Waals surface area contributed by atoms with Crippen molar-refractivity contribution in [1.82, 2.24) is 10.2 Å². The van der Waals surface area contributed by atoms with Gasteiger partial charge in [-0.25, -0.2) is 4.39 Å². The van der Waals surface area contributed by atoms with E-state index >= 15 is 0 Å². The Balaban J connectivity index is 2.41. The van der Waals surface area contributed by atoms with Crippen LogP contribution in [0.5, 0.6) is 0 Å². The van der Waals surface area contributed by atoms with Gasteiger partial charge in [0.15, 0.2) is 0 Å². The Morgan fingerprint density at radius 3 is 2.46 bits per heavy atom. The Morgan fingerprint density at radius 2 is 1.92 bits per heavy atom. The van der Waals surface area contributed by atoms with E-state index in [1.165, 1.54) is 12.1 Å². The highest BCUT2D eigenvalue weighted by atomic mass is 19.1. The first kappa shape index (κ1) is 7.98. The van der Waals surface area contributed by atoms with E-state index in [0.29, 0.717) is 0 Å². The zero-order chi connectivity index (χ0) is 9.26. The van der Waals surface area contributed by atoms with E-state index in [2.05, 4.69) is 10.2 Å². The third kappa shape index (κ3) is 1.59. The molecule has 0 spiro atoms. The number of hydrogen-bond acceptors (Lipinski definition) is 1. The smallest absolute Gasteiger partial charge is 0.123 e. The van der Waals surface area contributed by atoms with E-state index in [-0.39, 0.29) is 5.82 Å². The molecule has 1 heterocycles. The summed E-state index contributed by atoms with van der Waals surface area (Å²) >= 11 is 0. The van der Waals surface area contributed by atoms with Crippen LogP contribution in [-0.4, -0.2) is 10.2 Å². The highest BCUT2D eigenvalue weighted by Gasteiger charge is 1.99. The Bertz CT molecular complexity index is 403. The summed E-state index contributed by atoms with van der Waals surface area (Å²) in [6.07, 6.45) is 0. The second kappa shape index (κ2) is 3.01. The predicted molar refractivity (Wildman–Crippen MR) is 48.7 cm³/mol. The lowest BCUT2D eigenvalue weighted by molar-refractivity contribution is 0.628. The molecule has 1 aromatic heterocycles. The zero-order valence-corrected chi connectivity index (χ0v) is 7.21. The van der Waals surface area contributed by atoms with Crippen LogP contribution in [0.4, 0.5) is 4.39 Å². The van der Waals surface area contributed by atoms with Crippen LogP contribution >= 0.6 is 0 Å². The van der Waals surface area contributed by atoms with Crippen molar-refractivity contribution in [2.45, 2.75) is 6.92 Å². The molecule has 13 heavy (non-hydrogen) atoms. The SMILES string of the molecule is Cc1cc(-c2ccc(F)cc2)[nH]n1. The van der Waals surface area contributed by atoms with Crippen molar-refractivity contribution in [1.29, 1.82) is 0 Å². The number of halogens is 1. The molecule has 2 rings (SSSR count). The summed E-state index contributed by atoms with van der Waals surface area (Å²) in [4.78, 5) is 0. The van der Waals surface area contributed by atoms with Crippen LogP contribution in [-0.2, 0) is 0 Å². The predicted octanol–water partition coefficient (Wildman–Crippen LogP) is 2.52. The Kier molecular flexibility index (Phi) is 1.85. The van der Waals surface area contributed by atoms with Gasteiger partial charge in [-0.2, -0.15) is 5.10 Å². The topological polar surface area (TPSA) is 28.7 Å². The molecule has 66 valence electrons. The second-order valence-corrected chi connectivity index (χ2v) is 2.93. The number of hydrogen-bond donors (Lipinski definition) is 1. The first-order valence-electron chi connectivity index (χ1n) is 4.03. The van der Waals surface area contributed by atoms with Crippen molar-refractivity contribution in [3.63, 3.8) is 0 Å². The van der Waals surface area contributed by atoms with Crippen molar-refractivity contribution >= 4 is 0 Å². The van der Waals surface area contributed by atoms with Gasteiger partial charge in [0, 0.05) is 0 Å². The molecule has 1 N–H and O–H groups in total. The maximum absolute atomic E-state index is 12.6. The molecule has 0 atom stereocenters. The highest BCUT2D eigenvalue weighted by Crippen LogP contribution is 2.17. The monoisotopic (exact) mass is 176 g/mol. The fourth-order valence-electron chi connectivity index (χ4n) is 1.20. The van der Waals surface area contributed by atoms with Gasteiger partial charge in [-0.3, -0.25) is 5.10 Å². The van der Waals surface area contributed by atoms with Crippen LogP contribution in [0, 0.1) is 12.7 Å². The quantitative estimate of drug-likeness (QED) is 0.710. The van der Waals surface area contributed by atoms with Crippen LogP contribution in [0.3, 0.4) is 0 Å². The summed E-state index contributed by atoms with van der Waals surface area (Å²) in [6.45, 7) is 1.91. The van der Waals surface area contributed by atoms with Crippen LogP contribution in [0.1, 0.15) is 5.69 Å². The number of aromatic amines is 1. The van der Waals surface area contributed by atoms with Crippen molar-refractivity contribution in [2.24, 2.45) is 0 Å². The van der Waals surface area contributed by atoms with E-state index in [4.69, 9.17) is 0 Å². The summed E-state index contributed by atoms with van der Waals surface area (Å²) < 4.78 is 12.6. The van der Waals surface area contributed by atoms with E-state index in [1.54, 1.807) is 12.1 Å². The normalized spacial score (nSPS) is 10.3. The van der Waals surface area contributed by atoms with Crippen LogP contribution in [0.2, 0.25) is 0 Å². The third-order valence-corrected chi connectivity index (χ3v) is 1.86. The zero-order valence-electron chi connectivity index (χ0n) is 7.21. The first-order chi connectivity index (χ1) is 6.25. The van der Waals surface area contributed by atoms with E-state index < -0.39 is 0 Å². The van der Waals surface area contributed by atoms with Gasteiger partial charge in [-0.1, -0.05) is 0 Å². The molecule has 1 aromatic carbocycles. The van der Waals surface area contributed by atoms with E-state index in [0.717, 1.165) is 17.0 Å². The maximum Gasteiger partial charge on any atom is 0.123 e. The van der Waals surface area contributed by atoms with Crippen molar-refractivity contribution in [3.8, 4) is 11.3 Å². The molecular weight excluding hydrogens is 167 g/mol. The number of H-pyrrole nitrogens is 1. The summed E-state index contributed by atoms with van der Waals surface area (Å²) in [5, 5.41) is 6.87. The van der Waals surface area contributed by atoms with Gasteiger partial charge in [0.05, 0.1) is 11.4 Å². The second-order valence-electron chi connectivity index (χ2n) is 2.93. The average Bonchev–Trinajstić information content (AvgIpc) is 2.53. The molecule has 0 aliphatic rings. The molecule has 0 bridgehead atoms. The molecular formula is C10H9FN2. The van der Waals surface area contributed by atoms with E-state index in [1.807, 2.05) is 13.0 Å². The van der Waals surface area contributed by atoms with Crippen molar-refractivity contribution < 1.29 is 4.39 Å². The van der Waals surface area contributed by atoms with Gasteiger partial charge >= 0.3 is 0 Å². The minimum Gasteiger partial charge on any atom is -0.278 e. The molecule has 2 nitrogen and oxygen atoms in total. The molecule has 0 unspecified atom stereocenters. The van der Waals surface area contributed by atoms with Crippen molar-refractivity contribution in [2.75, 3.05) is 0 Å². The van der Waals surface area contributed by atoms with Gasteiger partial charge in [0.1, 0.15) is 5.82 Å². The molecule has 0 saturated carbocycles. The lowest BCUT2D eigenvalue weighted by atomic mass is 10.1. The van der Waals surface area contributed by atoms with Crippen LogP contribution in [0.25, 0.3) is 11.3 Å². The maximum atomic E-state index is 12.6. The van der Waals surface area contributed by atoms with Gasteiger partial charge in [-0.15, -0.1) is 0 Å². The van der Waals surface area contributed by atoms with Gasteiger partial charge < -0.3 is 0 Å². The van der Waals surface area contributed by atoms with Gasteiger partial charge in [0.25, 0.3) is 0 Å². The number of nitrogens with zero attached hydrogens (tertiary/aromatic N) is 1. The fourth-order valence-corrected chi connectivity index (χ4v) is 1.20. The van der Waals surface area contributed by atoms with Crippen molar-refractivity contribution in [3.05, 3.63) is 41.8 Å². The minimum absolute atomic E-state index is 0.222. The Labute approximate surface area is 75.4 Å². The molecule has 0 saturated heterocycles. The lowest BCUT2D eigenvalue weighted by Crippen LogP contribution is -1.78. The fraction of sp³-hybridized carbons (Fsp3) is 0.100. The molecule has 2 aromatic rings. The Morgan fingerprint density at radius 1 is 1.23 bits per heavy atom. The lowest BCUT2D eigenvalue weighted by Gasteiger charge is -1.95. The summed E-state index contributed by atoms with van der Waals surface area (Å²) in [6, 6.07) is 8.24. The number of aryl methyl sites for hydroxylation is 1. The minimum atomic E-state index is -0.222. The van der Waals surface area contributed by atoms with Gasteiger partial charge in [0.2, 0.25) is 0 Å². The number of nitrogens with one attached hydrogen (secondary N) is 1.